The molecule has 36 heavy (non-hydrogen) atoms. The van der Waals surface area contributed by atoms with Gasteiger partial charge in [-0.2, -0.15) is 0 Å². The summed E-state index contributed by atoms with van der Waals surface area (Å²) in [5.74, 6) is -1.54. The predicted molar refractivity (Wildman–Crippen MR) is 135 cm³/mol. The zero-order valence-electron chi connectivity index (χ0n) is 19.4. The van der Waals surface area contributed by atoms with Crippen LogP contribution in [0.2, 0.25) is 0 Å². The number of carbonyl (C=O) groups is 2. The molecule has 2 aromatic heterocycles. The van der Waals surface area contributed by atoms with Crippen LogP contribution in [0.4, 0.5) is 11.6 Å². The molecule has 0 spiro atoms. The molecule has 0 aliphatic heterocycles. The largest absolute Gasteiger partial charge is 0.480 e. The van der Waals surface area contributed by atoms with Crippen LogP contribution in [0.1, 0.15) is 6.92 Å². The Morgan fingerprint density at radius 2 is 1.14 bits per heavy atom. The number of hydrogen-bond donors (Lipinski definition) is 3. The molecule has 11 heteroatoms. The van der Waals surface area contributed by atoms with Crippen molar-refractivity contribution in [3.05, 3.63) is 93.8 Å². The van der Waals surface area contributed by atoms with E-state index in [1.54, 1.807) is 24.3 Å². The number of nitrogen functional groups attached to an aromatic ring is 2. The van der Waals surface area contributed by atoms with Crippen LogP contribution in [-0.4, -0.2) is 36.0 Å². The third-order valence-electron chi connectivity index (χ3n) is 4.98. The number of ketones is 1. The minimum Gasteiger partial charge on any atom is -0.480 e. The third-order valence-corrected chi connectivity index (χ3v) is 4.98. The van der Waals surface area contributed by atoms with E-state index < -0.39 is 23.6 Å². The number of carbonyl (C=O) groups excluding carboxylic acids is 1. The Hall–Kier alpha value is -5.06. The standard InChI is InChI=1S/C13H13N3O2.C12H11N3O3/c1-9(17)8-16-11(7-15-12(14)13(16)18)10-5-3-2-4-6-10;13-11-12(18)15(7-10(16)17)9(6-14-11)8-4-2-1-3-5-8/h2-7H,8H2,1H3,(H2,14,15);1-6H,7H2,(H2,13,14)(H,16,17). The molecule has 0 radical (unpaired) electrons. The number of nitrogens with zero attached hydrogens (tertiary/aromatic N) is 4. The maximum absolute atomic E-state index is 11.9. The average Bonchev–Trinajstić information content (AvgIpc) is 2.86. The van der Waals surface area contributed by atoms with E-state index in [-0.39, 0.29) is 24.0 Å². The second-order valence-corrected chi connectivity index (χ2v) is 7.67. The maximum atomic E-state index is 11.9. The lowest BCUT2D eigenvalue weighted by molar-refractivity contribution is -0.137. The van der Waals surface area contributed by atoms with Gasteiger partial charge in [0.05, 0.1) is 30.3 Å². The average molecular weight is 489 g/mol. The van der Waals surface area contributed by atoms with Gasteiger partial charge in [0.2, 0.25) is 0 Å². The predicted octanol–water partition coefficient (Wildman–Crippen LogP) is 1.66. The number of anilines is 2. The van der Waals surface area contributed by atoms with Crippen molar-refractivity contribution >= 4 is 23.4 Å². The summed E-state index contributed by atoms with van der Waals surface area (Å²) in [6.45, 7) is 0.976. The van der Waals surface area contributed by atoms with Gasteiger partial charge in [-0.3, -0.25) is 28.3 Å². The van der Waals surface area contributed by atoms with Gasteiger partial charge in [0.25, 0.3) is 11.1 Å². The molecule has 11 nitrogen and oxygen atoms in total. The first kappa shape index (κ1) is 25.6. The molecule has 0 aliphatic rings. The van der Waals surface area contributed by atoms with E-state index in [0.717, 1.165) is 10.1 Å². The number of Topliss-reactive ketones (excluding diaryl/α,β-unsaturated/α-hetero) is 1. The summed E-state index contributed by atoms with van der Waals surface area (Å²) in [7, 11) is 0. The summed E-state index contributed by atoms with van der Waals surface area (Å²) in [6, 6.07) is 18.2. The molecule has 0 saturated carbocycles. The summed E-state index contributed by atoms with van der Waals surface area (Å²) >= 11 is 0. The first-order valence-corrected chi connectivity index (χ1v) is 10.7. The first-order chi connectivity index (χ1) is 17.2. The Morgan fingerprint density at radius 1 is 0.750 bits per heavy atom. The van der Waals surface area contributed by atoms with Crippen LogP contribution >= 0.6 is 0 Å². The molecule has 2 heterocycles. The number of rotatable bonds is 6. The van der Waals surface area contributed by atoms with Crippen LogP contribution in [0.5, 0.6) is 0 Å². The van der Waals surface area contributed by atoms with Crippen molar-refractivity contribution in [2.45, 2.75) is 20.0 Å². The van der Waals surface area contributed by atoms with E-state index in [0.29, 0.717) is 17.0 Å². The summed E-state index contributed by atoms with van der Waals surface area (Å²) in [5.41, 5.74) is 12.4. The number of carboxylic acid groups (broad SMARTS) is 1. The Balaban J connectivity index is 0.000000201. The van der Waals surface area contributed by atoms with Crippen molar-refractivity contribution in [3.8, 4) is 22.5 Å². The van der Waals surface area contributed by atoms with Crippen LogP contribution in [-0.2, 0) is 22.7 Å². The molecule has 0 fully saturated rings. The van der Waals surface area contributed by atoms with Crippen molar-refractivity contribution in [2.75, 3.05) is 11.5 Å². The van der Waals surface area contributed by atoms with Crippen LogP contribution in [0, 0.1) is 0 Å². The van der Waals surface area contributed by atoms with Crippen LogP contribution in [0.3, 0.4) is 0 Å². The Bertz CT molecular complexity index is 1380. The molecule has 4 aromatic rings. The molecule has 184 valence electrons. The van der Waals surface area contributed by atoms with Crippen LogP contribution in [0.15, 0.2) is 82.6 Å². The summed E-state index contributed by atoms with van der Waals surface area (Å²) in [5, 5.41) is 8.83. The summed E-state index contributed by atoms with van der Waals surface area (Å²) < 4.78 is 2.44. The molecule has 0 unspecified atom stereocenters. The molecule has 4 rings (SSSR count). The van der Waals surface area contributed by atoms with E-state index in [2.05, 4.69) is 9.97 Å². The highest BCUT2D eigenvalue weighted by atomic mass is 16.4. The molecular weight excluding hydrogens is 464 g/mol. The number of nitrogens with two attached hydrogens (primary N) is 2. The fraction of sp³-hybridized carbons (Fsp3) is 0.120. The Morgan fingerprint density at radius 3 is 1.50 bits per heavy atom. The van der Waals surface area contributed by atoms with E-state index in [4.69, 9.17) is 16.6 Å². The van der Waals surface area contributed by atoms with Crippen molar-refractivity contribution in [3.63, 3.8) is 0 Å². The molecule has 0 bridgehead atoms. The quantitative estimate of drug-likeness (QED) is 0.364. The lowest BCUT2D eigenvalue weighted by Gasteiger charge is -2.11. The number of aromatic nitrogens is 4. The van der Waals surface area contributed by atoms with Gasteiger partial charge in [0, 0.05) is 0 Å². The minimum absolute atomic E-state index is 0.00419. The lowest BCUT2D eigenvalue weighted by atomic mass is 10.1. The lowest BCUT2D eigenvalue weighted by Crippen LogP contribution is -2.28. The Labute approximate surface area is 205 Å². The summed E-state index contributed by atoms with van der Waals surface area (Å²) in [6.07, 6.45) is 2.91. The molecule has 0 atom stereocenters. The van der Waals surface area contributed by atoms with Crippen molar-refractivity contribution in [1.82, 2.24) is 19.1 Å². The zero-order valence-corrected chi connectivity index (χ0v) is 19.4. The number of carboxylic acids is 1. The topological polar surface area (TPSA) is 176 Å². The molecule has 0 saturated heterocycles. The van der Waals surface area contributed by atoms with Gasteiger partial charge in [0.1, 0.15) is 12.3 Å². The zero-order chi connectivity index (χ0) is 26.2. The number of hydrogen-bond acceptors (Lipinski definition) is 8. The fourth-order valence-corrected chi connectivity index (χ4v) is 3.36. The van der Waals surface area contributed by atoms with Crippen molar-refractivity contribution < 1.29 is 14.7 Å². The van der Waals surface area contributed by atoms with Gasteiger partial charge in [-0.25, -0.2) is 9.97 Å². The third kappa shape index (κ3) is 6.08. The van der Waals surface area contributed by atoms with Crippen molar-refractivity contribution in [1.29, 1.82) is 0 Å². The SMILES string of the molecule is CC(=O)Cn1c(-c2ccccc2)cnc(N)c1=O.Nc1ncc(-c2ccccc2)n(CC(=O)O)c1=O. The monoisotopic (exact) mass is 488 g/mol. The van der Waals surface area contributed by atoms with Gasteiger partial charge in [-0.05, 0) is 18.1 Å². The highest BCUT2D eigenvalue weighted by molar-refractivity contribution is 5.76. The van der Waals surface area contributed by atoms with Crippen LogP contribution < -0.4 is 22.6 Å². The highest BCUT2D eigenvalue weighted by Gasteiger charge is 2.13. The molecule has 0 amide bonds. The maximum Gasteiger partial charge on any atom is 0.323 e. The highest BCUT2D eigenvalue weighted by Crippen LogP contribution is 2.18. The molecule has 5 N–H and O–H groups in total. The number of benzene rings is 2. The fourth-order valence-electron chi connectivity index (χ4n) is 3.36. The van der Waals surface area contributed by atoms with Gasteiger partial charge >= 0.3 is 5.97 Å². The van der Waals surface area contributed by atoms with Gasteiger partial charge in [-0.15, -0.1) is 0 Å². The van der Waals surface area contributed by atoms with Gasteiger partial charge < -0.3 is 16.6 Å². The van der Waals surface area contributed by atoms with E-state index >= 15 is 0 Å². The normalized spacial score (nSPS) is 10.2. The molecule has 2 aromatic carbocycles. The van der Waals surface area contributed by atoms with Crippen LogP contribution in [0.25, 0.3) is 22.5 Å². The molecular formula is C25H24N6O5. The second kappa shape index (κ2) is 11.4. The van der Waals surface area contributed by atoms with Gasteiger partial charge in [-0.1, -0.05) is 60.7 Å². The minimum atomic E-state index is -1.11. The van der Waals surface area contributed by atoms with Crippen molar-refractivity contribution in [2.24, 2.45) is 0 Å². The second-order valence-electron chi connectivity index (χ2n) is 7.67. The Kier molecular flexibility index (Phi) is 8.08. The van der Waals surface area contributed by atoms with Gasteiger partial charge in [0.15, 0.2) is 11.6 Å². The van der Waals surface area contributed by atoms with E-state index in [1.807, 2.05) is 36.4 Å². The van der Waals surface area contributed by atoms with E-state index in [1.165, 1.54) is 23.9 Å². The number of aliphatic carboxylic acids is 1. The molecule has 0 aliphatic carbocycles. The van der Waals surface area contributed by atoms with E-state index in [9.17, 15) is 19.2 Å². The smallest absolute Gasteiger partial charge is 0.323 e. The summed E-state index contributed by atoms with van der Waals surface area (Å²) in [4.78, 5) is 53.4. The first-order valence-electron chi connectivity index (χ1n) is 10.7.